The van der Waals surface area contributed by atoms with E-state index in [1.807, 2.05) is 18.2 Å². The molecule has 1 rings (SSSR count). The number of amidine groups is 1. The first-order valence-corrected chi connectivity index (χ1v) is 5.65. The summed E-state index contributed by atoms with van der Waals surface area (Å²) in [5, 5.41) is 0. The molecule has 0 atom stereocenters. The SMILES string of the molecule is CC(C)(C)N=C(N)C(C)(C)c1ccccc1. The van der Waals surface area contributed by atoms with Crippen molar-refractivity contribution in [3.05, 3.63) is 35.9 Å². The van der Waals surface area contributed by atoms with Gasteiger partial charge in [0.05, 0.1) is 5.54 Å². The molecule has 2 N–H and O–H groups in total. The minimum absolute atomic E-state index is 0.129. The van der Waals surface area contributed by atoms with Gasteiger partial charge < -0.3 is 5.73 Å². The van der Waals surface area contributed by atoms with Crippen LogP contribution in [0.3, 0.4) is 0 Å². The molecule has 0 saturated carbocycles. The van der Waals surface area contributed by atoms with Gasteiger partial charge >= 0.3 is 0 Å². The van der Waals surface area contributed by atoms with E-state index in [0.29, 0.717) is 5.84 Å². The number of hydrogen-bond acceptors (Lipinski definition) is 1. The zero-order valence-corrected chi connectivity index (χ0v) is 10.9. The molecule has 1 aromatic carbocycles. The van der Waals surface area contributed by atoms with E-state index in [1.165, 1.54) is 5.56 Å². The third kappa shape index (κ3) is 3.09. The first kappa shape index (κ1) is 12.8. The van der Waals surface area contributed by atoms with Crippen molar-refractivity contribution in [2.24, 2.45) is 10.7 Å². The lowest BCUT2D eigenvalue weighted by Crippen LogP contribution is -2.38. The second-order valence-corrected chi connectivity index (χ2v) is 5.66. The molecule has 0 saturated heterocycles. The predicted molar refractivity (Wildman–Crippen MR) is 70.8 cm³/mol. The maximum absolute atomic E-state index is 6.12. The van der Waals surface area contributed by atoms with Crippen molar-refractivity contribution < 1.29 is 0 Å². The first-order valence-electron chi connectivity index (χ1n) is 5.65. The minimum atomic E-state index is -0.214. The van der Waals surface area contributed by atoms with Crippen LogP contribution in [0.5, 0.6) is 0 Å². The van der Waals surface area contributed by atoms with E-state index in [4.69, 9.17) is 5.73 Å². The smallest absolute Gasteiger partial charge is 0.104 e. The zero-order chi connectivity index (χ0) is 12.4. The Morgan fingerprint density at radius 3 is 1.94 bits per heavy atom. The third-order valence-electron chi connectivity index (χ3n) is 2.59. The Labute approximate surface area is 98.6 Å². The predicted octanol–water partition coefficient (Wildman–Crippen LogP) is 3.12. The third-order valence-corrected chi connectivity index (χ3v) is 2.59. The van der Waals surface area contributed by atoms with Crippen molar-refractivity contribution in [1.29, 1.82) is 0 Å². The van der Waals surface area contributed by atoms with Gasteiger partial charge in [-0.25, -0.2) is 0 Å². The van der Waals surface area contributed by atoms with Crippen LogP contribution in [0.25, 0.3) is 0 Å². The molecule has 0 fully saturated rings. The van der Waals surface area contributed by atoms with Gasteiger partial charge in [0.2, 0.25) is 0 Å². The van der Waals surface area contributed by atoms with Crippen molar-refractivity contribution in [1.82, 2.24) is 0 Å². The number of benzene rings is 1. The number of rotatable bonds is 2. The summed E-state index contributed by atoms with van der Waals surface area (Å²) in [7, 11) is 0. The molecule has 2 nitrogen and oxygen atoms in total. The monoisotopic (exact) mass is 218 g/mol. The van der Waals surface area contributed by atoms with Crippen LogP contribution in [0.4, 0.5) is 0 Å². The van der Waals surface area contributed by atoms with Gasteiger partial charge in [0.25, 0.3) is 0 Å². The number of aliphatic imine (C=N–C) groups is 1. The molecule has 0 aromatic heterocycles. The van der Waals surface area contributed by atoms with E-state index in [2.05, 4.69) is 51.7 Å². The highest BCUT2D eigenvalue weighted by atomic mass is 14.9. The van der Waals surface area contributed by atoms with E-state index in [1.54, 1.807) is 0 Å². The Kier molecular flexibility index (Phi) is 3.41. The Balaban J connectivity index is 3.08. The van der Waals surface area contributed by atoms with Gasteiger partial charge in [0, 0.05) is 5.41 Å². The topological polar surface area (TPSA) is 38.4 Å². The summed E-state index contributed by atoms with van der Waals surface area (Å²) in [6, 6.07) is 10.2. The number of nitrogens with two attached hydrogens (primary N) is 1. The van der Waals surface area contributed by atoms with Crippen molar-refractivity contribution >= 4 is 5.84 Å². The highest BCUT2D eigenvalue weighted by molar-refractivity contribution is 5.91. The summed E-state index contributed by atoms with van der Waals surface area (Å²) >= 11 is 0. The molecule has 0 unspecified atom stereocenters. The lowest BCUT2D eigenvalue weighted by molar-refractivity contribution is 0.567. The molecule has 0 aliphatic carbocycles. The molecular formula is C14H22N2. The number of hydrogen-bond donors (Lipinski definition) is 1. The molecule has 0 bridgehead atoms. The zero-order valence-electron chi connectivity index (χ0n) is 10.9. The van der Waals surface area contributed by atoms with Crippen molar-refractivity contribution in [2.45, 2.75) is 45.6 Å². The highest BCUT2D eigenvalue weighted by Gasteiger charge is 2.26. The van der Waals surface area contributed by atoms with Gasteiger partial charge in [0.1, 0.15) is 5.84 Å². The first-order chi connectivity index (χ1) is 7.23. The van der Waals surface area contributed by atoms with E-state index < -0.39 is 0 Å². The van der Waals surface area contributed by atoms with Crippen LogP contribution in [0, 0.1) is 0 Å². The maximum atomic E-state index is 6.12. The summed E-state index contributed by atoms with van der Waals surface area (Å²) in [6.07, 6.45) is 0. The molecule has 0 heterocycles. The van der Waals surface area contributed by atoms with Crippen LogP contribution >= 0.6 is 0 Å². The maximum Gasteiger partial charge on any atom is 0.104 e. The Morgan fingerprint density at radius 1 is 1.00 bits per heavy atom. The molecular weight excluding hydrogens is 196 g/mol. The fourth-order valence-corrected chi connectivity index (χ4v) is 1.50. The van der Waals surface area contributed by atoms with E-state index in [9.17, 15) is 0 Å². The van der Waals surface area contributed by atoms with Crippen molar-refractivity contribution in [3.8, 4) is 0 Å². The average molecular weight is 218 g/mol. The highest BCUT2D eigenvalue weighted by Crippen LogP contribution is 2.24. The standard InChI is InChI=1S/C14H22N2/c1-13(2,3)16-12(15)14(4,5)11-9-7-6-8-10-11/h6-10H,1-5H3,(H2,15,16). The molecule has 0 amide bonds. The molecule has 88 valence electrons. The van der Waals surface area contributed by atoms with Gasteiger partial charge in [-0.2, -0.15) is 0 Å². The van der Waals surface area contributed by atoms with E-state index in [-0.39, 0.29) is 11.0 Å². The average Bonchev–Trinajstić information content (AvgIpc) is 2.16. The molecule has 2 heteroatoms. The molecule has 16 heavy (non-hydrogen) atoms. The van der Waals surface area contributed by atoms with Gasteiger partial charge in [0.15, 0.2) is 0 Å². The molecule has 0 aliphatic heterocycles. The van der Waals surface area contributed by atoms with Crippen LogP contribution in [-0.4, -0.2) is 11.4 Å². The fraction of sp³-hybridized carbons (Fsp3) is 0.500. The van der Waals surface area contributed by atoms with Crippen LogP contribution < -0.4 is 5.73 Å². The minimum Gasteiger partial charge on any atom is -0.387 e. The van der Waals surface area contributed by atoms with Crippen LogP contribution in [0.2, 0.25) is 0 Å². The summed E-state index contributed by atoms with van der Waals surface area (Å²) in [4.78, 5) is 4.55. The van der Waals surface area contributed by atoms with Crippen LogP contribution in [0.15, 0.2) is 35.3 Å². The van der Waals surface area contributed by atoms with E-state index in [0.717, 1.165) is 0 Å². The molecule has 1 aromatic rings. The Bertz CT molecular complexity index is 369. The van der Waals surface area contributed by atoms with E-state index >= 15 is 0 Å². The van der Waals surface area contributed by atoms with Crippen molar-refractivity contribution in [3.63, 3.8) is 0 Å². The quantitative estimate of drug-likeness (QED) is 0.601. The van der Waals surface area contributed by atoms with Crippen LogP contribution in [0.1, 0.15) is 40.2 Å². The second kappa shape index (κ2) is 4.28. The van der Waals surface area contributed by atoms with Crippen molar-refractivity contribution in [2.75, 3.05) is 0 Å². The second-order valence-electron chi connectivity index (χ2n) is 5.66. The molecule has 0 spiro atoms. The largest absolute Gasteiger partial charge is 0.387 e. The molecule has 0 aliphatic rings. The van der Waals surface area contributed by atoms with Gasteiger partial charge in [-0.1, -0.05) is 30.3 Å². The summed E-state index contributed by atoms with van der Waals surface area (Å²) in [5.41, 5.74) is 6.97. The Morgan fingerprint density at radius 2 is 1.50 bits per heavy atom. The van der Waals surface area contributed by atoms with Crippen LogP contribution in [-0.2, 0) is 5.41 Å². The molecule has 0 radical (unpaired) electrons. The van der Waals surface area contributed by atoms with Gasteiger partial charge in [-0.15, -0.1) is 0 Å². The van der Waals surface area contributed by atoms with Gasteiger partial charge in [-0.3, -0.25) is 4.99 Å². The summed E-state index contributed by atoms with van der Waals surface area (Å²) < 4.78 is 0. The normalized spacial score (nSPS) is 13.9. The lowest BCUT2D eigenvalue weighted by atomic mass is 9.83. The van der Waals surface area contributed by atoms with Gasteiger partial charge in [-0.05, 0) is 40.2 Å². The lowest BCUT2D eigenvalue weighted by Gasteiger charge is -2.27. The fourth-order valence-electron chi connectivity index (χ4n) is 1.50. The number of nitrogens with zero attached hydrogens (tertiary/aromatic N) is 1. The summed E-state index contributed by atoms with van der Waals surface area (Å²) in [5.74, 6) is 0.686. The Hall–Kier alpha value is -1.31. The summed E-state index contributed by atoms with van der Waals surface area (Å²) in [6.45, 7) is 10.4.